The van der Waals surface area contributed by atoms with Crippen LogP contribution in [0, 0.1) is 24.2 Å². The van der Waals surface area contributed by atoms with Gasteiger partial charge in [0.2, 0.25) is 0 Å². The van der Waals surface area contributed by atoms with E-state index in [9.17, 15) is 10.4 Å². The number of hydrogen-bond donors (Lipinski definition) is 3. The van der Waals surface area contributed by atoms with E-state index in [-0.39, 0.29) is 6.61 Å². The lowest BCUT2D eigenvalue weighted by molar-refractivity contribution is 0.127. The van der Waals surface area contributed by atoms with E-state index in [0.717, 1.165) is 71.2 Å². The number of fused-ring (bicyclic) bond motifs is 2. The lowest BCUT2D eigenvalue weighted by Gasteiger charge is -2.31. The zero-order chi connectivity index (χ0) is 25.4. The van der Waals surface area contributed by atoms with Crippen LogP contribution in [-0.2, 0) is 6.54 Å². The third kappa shape index (κ3) is 4.46. The number of rotatable bonds is 6. The van der Waals surface area contributed by atoms with Gasteiger partial charge in [0.1, 0.15) is 17.4 Å². The molecule has 1 aliphatic rings. The van der Waals surface area contributed by atoms with Crippen molar-refractivity contribution in [3.63, 3.8) is 0 Å². The minimum absolute atomic E-state index is 0.288. The predicted molar refractivity (Wildman–Crippen MR) is 146 cm³/mol. The van der Waals surface area contributed by atoms with Gasteiger partial charge in [-0.1, -0.05) is 6.07 Å². The van der Waals surface area contributed by atoms with Gasteiger partial charge in [0, 0.05) is 53.7 Å². The number of benzene rings is 2. The van der Waals surface area contributed by atoms with Crippen molar-refractivity contribution in [1.82, 2.24) is 14.9 Å². The van der Waals surface area contributed by atoms with Crippen LogP contribution in [0.15, 0.2) is 65.5 Å². The van der Waals surface area contributed by atoms with Crippen LogP contribution in [0.4, 0.5) is 11.4 Å². The molecule has 186 valence electrons. The second-order valence-electron chi connectivity index (χ2n) is 9.91. The molecule has 0 bridgehead atoms. The molecule has 7 heteroatoms. The molecule has 0 saturated carbocycles. The van der Waals surface area contributed by atoms with Gasteiger partial charge in [-0.3, -0.25) is 9.88 Å². The number of likely N-dealkylation sites (tertiary alicyclic amines) is 1. The van der Waals surface area contributed by atoms with Gasteiger partial charge in [-0.25, -0.2) is 0 Å². The van der Waals surface area contributed by atoms with E-state index in [4.69, 9.17) is 4.42 Å². The van der Waals surface area contributed by atoms with Gasteiger partial charge < -0.3 is 19.8 Å². The van der Waals surface area contributed by atoms with Crippen LogP contribution < -0.4 is 5.32 Å². The highest BCUT2D eigenvalue weighted by Gasteiger charge is 2.20. The highest BCUT2D eigenvalue weighted by Crippen LogP contribution is 2.37. The third-order valence-electron chi connectivity index (χ3n) is 7.55. The Bertz CT molecular complexity index is 1620. The number of piperidine rings is 1. The molecule has 0 unspecified atom stereocenters. The summed E-state index contributed by atoms with van der Waals surface area (Å²) in [6.45, 7) is 5.26. The summed E-state index contributed by atoms with van der Waals surface area (Å²) in [5, 5.41) is 24.9. The average Bonchev–Trinajstić information content (AvgIpc) is 3.58. The molecule has 0 atom stereocenters. The first-order valence-electron chi connectivity index (χ1n) is 12.7. The molecule has 37 heavy (non-hydrogen) atoms. The van der Waals surface area contributed by atoms with E-state index < -0.39 is 0 Å². The van der Waals surface area contributed by atoms with Gasteiger partial charge in [0.05, 0.1) is 16.8 Å². The third-order valence-corrected chi connectivity index (χ3v) is 7.55. The monoisotopic (exact) mass is 491 g/mol. The van der Waals surface area contributed by atoms with Crippen LogP contribution in [0.3, 0.4) is 0 Å². The van der Waals surface area contributed by atoms with Crippen LogP contribution in [-0.4, -0.2) is 39.7 Å². The normalized spacial score (nSPS) is 14.8. The van der Waals surface area contributed by atoms with Crippen LogP contribution in [0.5, 0.6) is 0 Å². The topological polar surface area (TPSA) is 101 Å². The first kappa shape index (κ1) is 23.3. The number of aryl methyl sites for hydroxylation is 1. The molecule has 0 aliphatic carbocycles. The molecule has 1 saturated heterocycles. The van der Waals surface area contributed by atoms with Crippen molar-refractivity contribution in [3.8, 4) is 17.4 Å². The molecule has 7 nitrogen and oxygen atoms in total. The van der Waals surface area contributed by atoms with E-state index in [1.807, 2.05) is 30.5 Å². The number of furan rings is 1. The molecule has 1 fully saturated rings. The van der Waals surface area contributed by atoms with Crippen molar-refractivity contribution in [2.45, 2.75) is 26.3 Å². The molecule has 3 N–H and O–H groups in total. The number of hydrogen-bond acceptors (Lipinski definition) is 6. The Morgan fingerprint density at radius 2 is 2.03 bits per heavy atom. The molecule has 2 aromatic carbocycles. The van der Waals surface area contributed by atoms with Crippen LogP contribution >= 0.6 is 0 Å². The lowest BCUT2D eigenvalue weighted by Crippen LogP contribution is -2.34. The SMILES string of the molecule is Cc1c(Nc2c(C#N)cncc2-c2cc3cc(CN4CCC(CO)CC4)ccc3o2)ccc2[nH]ccc12. The summed E-state index contributed by atoms with van der Waals surface area (Å²) in [7, 11) is 0. The van der Waals surface area contributed by atoms with Gasteiger partial charge in [0.25, 0.3) is 0 Å². The maximum Gasteiger partial charge on any atom is 0.139 e. The quantitative estimate of drug-likeness (QED) is 0.265. The number of aliphatic hydroxyl groups excluding tert-OH is 1. The zero-order valence-electron chi connectivity index (χ0n) is 20.8. The van der Waals surface area contributed by atoms with Gasteiger partial charge in [-0.2, -0.15) is 5.26 Å². The second kappa shape index (κ2) is 9.74. The Morgan fingerprint density at radius 1 is 1.16 bits per heavy atom. The fraction of sp³-hybridized carbons (Fsp3) is 0.267. The Morgan fingerprint density at radius 3 is 2.84 bits per heavy atom. The molecule has 0 spiro atoms. The number of nitrogens with one attached hydrogen (secondary N) is 2. The summed E-state index contributed by atoms with van der Waals surface area (Å²) < 4.78 is 6.26. The minimum atomic E-state index is 0.288. The number of pyridine rings is 1. The number of H-pyrrole nitrogens is 1. The lowest BCUT2D eigenvalue weighted by atomic mass is 9.97. The van der Waals surface area contributed by atoms with Crippen molar-refractivity contribution in [3.05, 3.63) is 77.7 Å². The molecule has 0 amide bonds. The van der Waals surface area contributed by atoms with Gasteiger partial charge in [-0.15, -0.1) is 0 Å². The molecule has 1 aliphatic heterocycles. The molecule has 4 heterocycles. The summed E-state index contributed by atoms with van der Waals surface area (Å²) in [6, 6.07) is 16.7. The van der Waals surface area contributed by atoms with E-state index >= 15 is 0 Å². The van der Waals surface area contributed by atoms with Crippen molar-refractivity contribution in [2.24, 2.45) is 5.92 Å². The summed E-state index contributed by atoms with van der Waals surface area (Å²) in [4.78, 5) is 10.0. The Balaban J connectivity index is 1.32. The zero-order valence-corrected chi connectivity index (χ0v) is 20.8. The molecular weight excluding hydrogens is 462 g/mol. The van der Waals surface area contributed by atoms with E-state index in [1.54, 1.807) is 12.4 Å². The molecule has 5 aromatic rings. The fourth-order valence-corrected chi connectivity index (χ4v) is 5.33. The van der Waals surface area contributed by atoms with E-state index in [1.165, 1.54) is 5.56 Å². The van der Waals surface area contributed by atoms with Crippen molar-refractivity contribution >= 4 is 33.2 Å². The average molecular weight is 492 g/mol. The smallest absolute Gasteiger partial charge is 0.139 e. The number of aromatic nitrogens is 2. The number of anilines is 2. The van der Waals surface area contributed by atoms with Crippen molar-refractivity contribution < 1.29 is 9.52 Å². The second-order valence-corrected chi connectivity index (χ2v) is 9.91. The van der Waals surface area contributed by atoms with Crippen molar-refractivity contribution in [2.75, 3.05) is 25.0 Å². The van der Waals surface area contributed by atoms with Gasteiger partial charge >= 0.3 is 0 Å². The summed E-state index contributed by atoms with van der Waals surface area (Å²) in [6.07, 6.45) is 7.35. The minimum Gasteiger partial charge on any atom is -0.456 e. The highest BCUT2D eigenvalue weighted by atomic mass is 16.3. The Hall–Kier alpha value is -4.12. The van der Waals surface area contributed by atoms with Crippen molar-refractivity contribution in [1.29, 1.82) is 5.26 Å². The number of nitriles is 1. The molecule has 3 aromatic heterocycles. The standard InChI is InChI=1S/C30H29N5O2/c1-19-24-6-9-33-27(24)4-3-26(19)34-30-23(14-31)15-32-16-25(30)29-13-22-12-21(2-5-28(22)37-29)17-35-10-7-20(18-36)8-11-35/h2-6,9,12-13,15-16,20,33,36H,7-8,10-11,17-18H2,1H3,(H,32,34). The number of aromatic amines is 1. The van der Waals surface area contributed by atoms with E-state index in [2.05, 4.69) is 51.4 Å². The van der Waals surface area contributed by atoms with Gasteiger partial charge in [-0.05, 0) is 86.3 Å². The maximum atomic E-state index is 9.86. The predicted octanol–water partition coefficient (Wildman–Crippen LogP) is 6.10. The summed E-state index contributed by atoms with van der Waals surface area (Å²) in [5.74, 6) is 1.10. The maximum absolute atomic E-state index is 9.86. The molecule has 6 rings (SSSR count). The first-order chi connectivity index (χ1) is 18.1. The Kier molecular flexibility index (Phi) is 6.13. The number of aliphatic hydroxyl groups is 1. The van der Waals surface area contributed by atoms with Crippen LogP contribution in [0.25, 0.3) is 33.2 Å². The summed E-state index contributed by atoms with van der Waals surface area (Å²) in [5.41, 5.74) is 7.03. The first-order valence-corrected chi connectivity index (χ1v) is 12.7. The number of nitrogens with zero attached hydrogens (tertiary/aromatic N) is 3. The fourth-order valence-electron chi connectivity index (χ4n) is 5.33. The van der Waals surface area contributed by atoms with Gasteiger partial charge in [0.15, 0.2) is 0 Å². The highest BCUT2D eigenvalue weighted by molar-refractivity contribution is 5.92. The van der Waals surface area contributed by atoms with Crippen LogP contribution in [0.1, 0.15) is 29.5 Å². The molecule has 0 radical (unpaired) electrons. The van der Waals surface area contributed by atoms with Crippen LogP contribution in [0.2, 0.25) is 0 Å². The summed E-state index contributed by atoms with van der Waals surface area (Å²) >= 11 is 0. The Labute approximate surface area is 215 Å². The molecular formula is C30H29N5O2. The largest absolute Gasteiger partial charge is 0.456 e. The van der Waals surface area contributed by atoms with E-state index in [0.29, 0.717) is 22.9 Å².